The van der Waals surface area contributed by atoms with E-state index < -0.39 is 0 Å². The summed E-state index contributed by atoms with van der Waals surface area (Å²) in [4.78, 5) is 14.9. The van der Waals surface area contributed by atoms with Crippen LogP contribution in [0.25, 0.3) is 0 Å². The second kappa shape index (κ2) is 3.96. The molecule has 2 atom stereocenters. The number of carbonyl (C=O) groups is 1. The Hall–Kier alpha value is -0.770. The summed E-state index contributed by atoms with van der Waals surface area (Å²) in [6, 6.07) is 0.291. The number of carbonyl (C=O) groups excluding carboxylic acids is 1. The molecule has 0 aromatic carbocycles. The Kier molecular flexibility index (Phi) is 3.14. The number of hydrogen-bond acceptors (Lipinski definition) is 2. The van der Waals surface area contributed by atoms with E-state index in [1.54, 1.807) is 4.90 Å². The van der Waals surface area contributed by atoms with E-state index in [1.165, 1.54) is 0 Å². The minimum atomic E-state index is -0.288. The van der Waals surface area contributed by atoms with Crippen LogP contribution in [0, 0.1) is 5.92 Å². The Morgan fingerprint density at radius 2 is 2.15 bits per heavy atom. The van der Waals surface area contributed by atoms with Crippen LogP contribution < -0.4 is 5.73 Å². The Morgan fingerprint density at radius 3 is 2.54 bits per heavy atom. The van der Waals surface area contributed by atoms with E-state index in [-0.39, 0.29) is 6.03 Å². The smallest absolute Gasteiger partial charge is 0.314 e. The van der Waals surface area contributed by atoms with Crippen molar-refractivity contribution in [2.75, 3.05) is 27.2 Å². The number of likely N-dealkylation sites (tertiary alicyclic amines) is 1. The molecular formula is C9H19N3O. The van der Waals surface area contributed by atoms with Crippen LogP contribution in [-0.4, -0.2) is 49.1 Å². The third-order valence-corrected chi connectivity index (χ3v) is 2.83. The molecule has 0 bridgehead atoms. The molecule has 0 aliphatic carbocycles. The fraction of sp³-hybridized carbons (Fsp3) is 0.889. The predicted octanol–water partition coefficient (Wildman–Crippen LogP) is 0.337. The highest BCUT2D eigenvalue weighted by atomic mass is 16.2. The van der Waals surface area contributed by atoms with Crippen LogP contribution in [0.4, 0.5) is 4.79 Å². The molecule has 13 heavy (non-hydrogen) atoms. The van der Waals surface area contributed by atoms with Crippen molar-refractivity contribution < 1.29 is 4.79 Å². The van der Waals surface area contributed by atoms with E-state index in [9.17, 15) is 4.79 Å². The van der Waals surface area contributed by atoms with Crippen molar-refractivity contribution in [1.29, 1.82) is 0 Å². The minimum Gasteiger partial charge on any atom is -0.351 e. The molecule has 1 saturated heterocycles. The number of amides is 2. The average molecular weight is 185 g/mol. The van der Waals surface area contributed by atoms with Gasteiger partial charge in [-0.2, -0.15) is 0 Å². The van der Waals surface area contributed by atoms with Gasteiger partial charge in [-0.15, -0.1) is 0 Å². The van der Waals surface area contributed by atoms with Gasteiger partial charge in [0.05, 0.1) is 0 Å². The van der Waals surface area contributed by atoms with Crippen molar-refractivity contribution in [3.63, 3.8) is 0 Å². The molecule has 0 spiro atoms. The van der Waals surface area contributed by atoms with Gasteiger partial charge >= 0.3 is 6.03 Å². The van der Waals surface area contributed by atoms with Crippen LogP contribution in [0.3, 0.4) is 0 Å². The number of piperidine rings is 1. The first-order chi connectivity index (χ1) is 6.02. The molecule has 4 nitrogen and oxygen atoms in total. The van der Waals surface area contributed by atoms with Crippen LogP contribution in [0.15, 0.2) is 0 Å². The summed E-state index contributed by atoms with van der Waals surface area (Å²) in [6.07, 6.45) is 1.02. The van der Waals surface area contributed by atoms with Gasteiger partial charge in [0.25, 0.3) is 0 Å². The number of nitrogens with zero attached hydrogens (tertiary/aromatic N) is 2. The third-order valence-electron chi connectivity index (χ3n) is 2.83. The van der Waals surface area contributed by atoms with Gasteiger partial charge in [-0.05, 0) is 26.4 Å². The van der Waals surface area contributed by atoms with E-state index in [1.807, 2.05) is 0 Å². The molecule has 0 radical (unpaired) electrons. The Morgan fingerprint density at radius 1 is 1.54 bits per heavy atom. The van der Waals surface area contributed by atoms with Gasteiger partial charge in [0.2, 0.25) is 0 Å². The van der Waals surface area contributed by atoms with Crippen LogP contribution in [-0.2, 0) is 0 Å². The Labute approximate surface area is 79.7 Å². The zero-order valence-corrected chi connectivity index (χ0v) is 8.66. The maximum Gasteiger partial charge on any atom is 0.314 e. The maximum absolute atomic E-state index is 10.9. The highest BCUT2D eigenvalue weighted by Gasteiger charge is 2.28. The standard InChI is InChI=1S/C9H19N3O/c1-7-6-12(9(10)13)5-4-8(7)11(2)3/h7-8H,4-6H2,1-3H3,(H2,10,13). The molecule has 2 amide bonds. The predicted molar refractivity (Wildman–Crippen MR) is 52.4 cm³/mol. The molecule has 1 fully saturated rings. The van der Waals surface area contributed by atoms with Crippen molar-refractivity contribution in [1.82, 2.24) is 9.80 Å². The minimum absolute atomic E-state index is 0.288. The van der Waals surface area contributed by atoms with E-state index in [0.717, 1.165) is 19.5 Å². The lowest BCUT2D eigenvalue weighted by Crippen LogP contribution is -2.51. The van der Waals surface area contributed by atoms with E-state index in [0.29, 0.717) is 12.0 Å². The molecule has 0 aromatic heterocycles. The first-order valence-corrected chi connectivity index (χ1v) is 4.73. The molecule has 1 heterocycles. The zero-order valence-electron chi connectivity index (χ0n) is 8.66. The lowest BCUT2D eigenvalue weighted by atomic mass is 9.93. The molecule has 2 N–H and O–H groups in total. The summed E-state index contributed by atoms with van der Waals surface area (Å²) in [7, 11) is 4.17. The van der Waals surface area contributed by atoms with E-state index >= 15 is 0 Å². The monoisotopic (exact) mass is 185 g/mol. The molecule has 1 aliphatic rings. The summed E-state index contributed by atoms with van der Waals surface area (Å²) in [5, 5.41) is 0. The number of hydrogen-bond donors (Lipinski definition) is 1. The average Bonchev–Trinajstić information content (AvgIpc) is 2.03. The molecule has 1 rings (SSSR count). The maximum atomic E-state index is 10.9. The quantitative estimate of drug-likeness (QED) is 0.640. The van der Waals surface area contributed by atoms with Gasteiger partial charge in [-0.3, -0.25) is 0 Å². The Bertz CT molecular complexity index is 193. The van der Waals surface area contributed by atoms with Gasteiger partial charge in [0.15, 0.2) is 0 Å². The van der Waals surface area contributed by atoms with Crippen molar-refractivity contribution >= 4 is 6.03 Å². The summed E-state index contributed by atoms with van der Waals surface area (Å²) in [5.41, 5.74) is 5.22. The van der Waals surface area contributed by atoms with Crippen LogP contribution in [0.5, 0.6) is 0 Å². The Balaban J connectivity index is 2.51. The topological polar surface area (TPSA) is 49.6 Å². The van der Waals surface area contributed by atoms with Gasteiger partial charge < -0.3 is 15.5 Å². The first-order valence-electron chi connectivity index (χ1n) is 4.73. The molecule has 1 aliphatic heterocycles. The second-order valence-electron chi connectivity index (χ2n) is 4.08. The normalized spacial score (nSPS) is 29.4. The first kappa shape index (κ1) is 10.3. The van der Waals surface area contributed by atoms with Gasteiger partial charge in [-0.25, -0.2) is 4.79 Å². The third kappa shape index (κ3) is 2.34. The lowest BCUT2D eigenvalue weighted by Gasteiger charge is -2.39. The van der Waals surface area contributed by atoms with Crippen molar-refractivity contribution in [2.45, 2.75) is 19.4 Å². The molecule has 2 unspecified atom stereocenters. The molecule has 0 aromatic rings. The number of nitrogens with two attached hydrogens (primary N) is 1. The summed E-state index contributed by atoms with van der Waals surface area (Å²) in [6.45, 7) is 3.75. The highest BCUT2D eigenvalue weighted by Crippen LogP contribution is 2.19. The zero-order chi connectivity index (χ0) is 10.0. The SMILES string of the molecule is CC1CN(C(N)=O)CCC1N(C)C. The highest BCUT2D eigenvalue weighted by molar-refractivity contribution is 5.72. The van der Waals surface area contributed by atoms with Crippen molar-refractivity contribution in [3.8, 4) is 0 Å². The second-order valence-corrected chi connectivity index (χ2v) is 4.08. The van der Waals surface area contributed by atoms with Crippen LogP contribution in [0.1, 0.15) is 13.3 Å². The number of rotatable bonds is 1. The summed E-state index contributed by atoms with van der Waals surface area (Å²) >= 11 is 0. The van der Waals surface area contributed by atoms with E-state index in [4.69, 9.17) is 5.73 Å². The number of primary amides is 1. The fourth-order valence-electron chi connectivity index (χ4n) is 2.10. The molecular weight excluding hydrogens is 166 g/mol. The van der Waals surface area contributed by atoms with Crippen LogP contribution in [0.2, 0.25) is 0 Å². The molecule has 4 heteroatoms. The van der Waals surface area contributed by atoms with Gasteiger partial charge in [0.1, 0.15) is 0 Å². The number of urea groups is 1. The summed E-state index contributed by atoms with van der Waals surface area (Å²) < 4.78 is 0. The van der Waals surface area contributed by atoms with Crippen LogP contribution >= 0.6 is 0 Å². The molecule has 76 valence electrons. The lowest BCUT2D eigenvalue weighted by molar-refractivity contribution is 0.111. The largest absolute Gasteiger partial charge is 0.351 e. The summed E-state index contributed by atoms with van der Waals surface area (Å²) in [5.74, 6) is 0.510. The van der Waals surface area contributed by atoms with Gasteiger partial charge in [0, 0.05) is 19.1 Å². The fourth-order valence-corrected chi connectivity index (χ4v) is 2.10. The van der Waals surface area contributed by atoms with Gasteiger partial charge in [-0.1, -0.05) is 6.92 Å². The van der Waals surface area contributed by atoms with E-state index in [2.05, 4.69) is 25.9 Å². The van der Waals surface area contributed by atoms with Crippen molar-refractivity contribution in [3.05, 3.63) is 0 Å². The molecule has 0 saturated carbocycles. The van der Waals surface area contributed by atoms with Crippen molar-refractivity contribution in [2.24, 2.45) is 11.7 Å².